The lowest BCUT2D eigenvalue weighted by atomic mass is 9.78. The van der Waals surface area contributed by atoms with Crippen molar-refractivity contribution in [1.82, 2.24) is 20.4 Å². The summed E-state index contributed by atoms with van der Waals surface area (Å²) in [4.78, 5) is 0. The van der Waals surface area contributed by atoms with Gasteiger partial charge in [0.2, 0.25) is 11.8 Å². The van der Waals surface area contributed by atoms with Gasteiger partial charge >= 0.3 is 0 Å². The van der Waals surface area contributed by atoms with Crippen molar-refractivity contribution in [3.63, 3.8) is 0 Å². The van der Waals surface area contributed by atoms with Crippen LogP contribution in [0.15, 0.2) is 65.1 Å². The lowest BCUT2D eigenvalue weighted by Crippen LogP contribution is -2.18. The highest BCUT2D eigenvalue weighted by Gasteiger charge is 2.23. The summed E-state index contributed by atoms with van der Waals surface area (Å²) in [6.07, 6.45) is 0. The average molecular weight is 386 g/mol. The zero-order valence-electron chi connectivity index (χ0n) is 16.9. The Hall–Kier alpha value is -3.54. The third-order valence-electron chi connectivity index (χ3n) is 4.96. The molecular weight excluding hydrogens is 364 g/mol. The summed E-state index contributed by atoms with van der Waals surface area (Å²) in [7, 11) is 0. The molecule has 6 nitrogen and oxygen atoms in total. The molecule has 29 heavy (non-hydrogen) atoms. The Kier molecular flexibility index (Phi) is 4.84. The first-order chi connectivity index (χ1) is 13.9. The van der Waals surface area contributed by atoms with Crippen LogP contribution in [0.4, 0.5) is 0 Å². The SMILES string of the molecule is Cc1ccc(C(C)(C)c2ccc(Oc3ccc(-c4nnc(C)o4)nn3)cc2)cc1. The van der Waals surface area contributed by atoms with Crippen molar-refractivity contribution >= 4 is 0 Å². The van der Waals surface area contributed by atoms with Gasteiger partial charge in [0.15, 0.2) is 5.69 Å². The van der Waals surface area contributed by atoms with Gasteiger partial charge in [0.05, 0.1) is 0 Å². The molecule has 0 N–H and O–H groups in total. The van der Waals surface area contributed by atoms with Crippen LogP contribution >= 0.6 is 0 Å². The fraction of sp³-hybridized carbons (Fsp3) is 0.217. The van der Waals surface area contributed by atoms with Crippen molar-refractivity contribution in [1.29, 1.82) is 0 Å². The number of aryl methyl sites for hydroxylation is 2. The summed E-state index contributed by atoms with van der Waals surface area (Å²) >= 11 is 0. The van der Waals surface area contributed by atoms with E-state index < -0.39 is 0 Å². The van der Waals surface area contributed by atoms with Gasteiger partial charge in [0.25, 0.3) is 5.89 Å². The van der Waals surface area contributed by atoms with Crippen molar-refractivity contribution in [3.8, 4) is 23.2 Å². The molecule has 0 atom stereocenters. The number of rotatable bonds is 5. The van der Waals surface area contributed by atoms with E-state index in [-0.39, 0.29) is 5.41 Å². The molecule has 0 bridgehead atoms. The molecule has 0 aliphatic carbocycles. The number of nitrogens with zero attached hydrogens (tertiary/aromatic N) is 4. The maximum absolute atomic E-state index is 5.82. The Labute approximate surface area is 169 Å². The molecule has 0 aliphatic heterocycles. The molecule has 0 spiro atoms. The molecule has 0 aliphatic rings. The van der Waals surface area contributed by atoms with Gasteiger partial charge in [0.1, 0.15) is 5.75 Å². The molecule has 146 valence electrons. The van der Waals surface area contributed by atoms with Gasteiger partial charge in [0, 0.05) is 18.4 Å². The Morgan fingerprint density at radius 1 is 0.724 bits per heavy atom. The summed E-state index contributed by atoms with van der Waals surface area (Å²) in [5.41, 5.74) is 4.15. The van der Waals surface area contributed by atoms with E-state index in [1.165, 1.54) is 16.7 Å². The van der Waals surface area contributed by atoms with Crippen molar-refractivity contribution in [3.05, 3.63) is 83.2 Å². The van der Waals surface area contributed by atoms with Crippen LogP contribution in [0.2, 0.25) is 0 Å². The molecule has 0 fully saturated rings. The van der Waals surface area contributed by atoms with Gasteiger partial charge in [-0.05, 0) is 36.2 Å². The third-order valence-corrected chi connectivity index (χ3v) is 4.96. The predicted octanol–water partition coefficient (Wildman–Crippen LogP) is 5.26. The number of ether oxygens (including phenoxy) is 1. The number of aromatic nitrogens is 4. The highest BCUT2D eigenvalue weighted by atomic mass is 16.5. The first kappa shape index (κ1) is 18.8. The monoisotopic (exact) mass is 386 g/mol. The van der Waals surface area contributed by atoms with E-state index in [2.05, 4.69) is 77.6 Å². The molecule has 0 amide bonds. The van der Waals surface area contributed by atoms with Gasteiger partial charge < -0.3 is 9.15 Å². The topological polar surface area (TPSA) is 73.9 Å². The molecule has 0 saturated heterocycles. The zero-order chi connectivity index (χ0) is 20.4. The Balaban J connectivity index is 1.48. The van der Waals surface area contributed by atoms with Crippen LogP contribution in [0, 0.1) is 13.8 Å². The maximum Gasteiger partial charge on any atom is 0.268 e. The number of hydrogen-bond donors (Lipinski definition) is 0. The molecule has 4 rings (SSSR count). The average Bonchev–Trinajstić information content (AvgIpc) is 3.16. The molecule has 4 aromatic rings. The van der Waals surface area contributed by atoms with E-state index >= 15 is 0 Å². The van der Waals surface area contributed by atoms with Gasteiger partial charge in [-0.1, -0.05) is 55.8 Å². The summed E-state index contributed by atoms with van der Waals surface area (Å²) < 4.78 is 11.2. The fourth-order valence-electron chi connectivity index (χ4n) is 3.09. The minimum atomic E-state index is -0.101. The lowest BCUT2D eigenvalue weighted by Gasteiger charge is -2.26. The quantitative estimate of drug-likeness (QED) is 0.466. The van der Waals surface area contributed by atoms with Crippen molar-refractivity contribution in [2.45, 2.75) is 33.1 Å². The Morgan fingerprint density at radius 2 is 1.38 bits per heavy atom. The maximum atomic E-state index is 5.82. The molecule has 2 aromatic heterocycles. The first-order valence-corrected chi connectivity index (χ1v) is 9.41. The molecule has 2 aromatic carbocycles. The van der Waals surface area contributed by atoms with E-state index in [0.717, 1.165) is 0 Å². The number of benzene rings is 2. The third kappa shape index (κ3) is 4.01. The summed E-state index contributed by atoms with van der Waals surface area (Å²) in [6.45, 7) is 8.26. The second kappa shape index (κ2) is 7.47. The van der Waals surface area contributed by atoms with Crippen molar-refractivity contribution in [2.75, 3.05) is 0 Å². The van der Waals surface area contributed by atoms with Crippen LogP contribution in [0.25, 0.3) is 11.6 Å². The lowest BCUT2D eigenvalue weighted by molar-refractivity contribution is 0.454. The van der Waals surface area contributed by atoms with E-state index in [1.807, 2.05) is 12.1 Å². The highest BCUT2D eigenvalue weighted by molar-refractivity contribution is 5.46. The molecule has 0 saturated carbocycles. The van der Waals surface area contributed by atoms with Crippen LogP contribution in [-0.4, -0.2) is 20.4 Å². The highest BCUT2D eigenvalue weighted by Crippen LogP contribution is 2.33. The van der Waals surface area contributed by atoms with E-state index in [4.69, 9.17) is 9.15 Å². The van der Waals surface area contributed by atoms with Crippen LogP contribution in [0.5, 0.6) is 11.6 Å². The Bertz CT molecular complexity index is 1100. The van der Waals surface area contributed by atoms with E-state index in [1.54, 1.807) is 19.1 Å². The van der Waals surface area contributed by atoms with Crippen LogP contribution in [0.3, 0.4) is 0 Å². The number of hydrogen-bond acceptors (Lipinski definition) is 6. The van der Waals surface area contributed by atoms with Crippen LogP contribution in [-0.2, 0) is 5.41 Å². The molecule has 2 heterocycles. The normalized spacial score (nSPS) is 11.4. The standard InChI is InChI=1S/C23H22N4O2/c1-15-5-7-17(8-6-15)23(3,4)18-9-11-19(12-10-18)29-21-14-13-20(25-26-21)22-27-24-16(2)28-22/h5-14H,1-4H3. The van der Waals surface area contributed by atoms with Gasteiger partial charge in [-0.2, -0.15) is 0 Å². The van der Waals surface area contributed by atoms with E-state index in [9.17, 15) is 0 Å². The van der Waals surface area contributed by atoms with E-state index in [0.29, 0.717) is 29.1 Å². The van der Waals surface area contributed by atoms with Crippen LogP contribution < -0.4 is 4.74 Å². The molecule has 6 heteroatoms. The summed E-state index contributed by atoms with van der Waals surface area (Å²) in [5.74, 6) is 1.92. The zero-order valence-corrected chi connectivity index (χ0v) is 16.9. The van der Waals surface area contributed by atoms with Gasteiger partial charge in [-0.25, -0.2) is 0 Å². The van der Waals surface area contributed by atoms with Crippen LogP contribution in [0.1, 0.15) is 36.4 Å². The smallest absolute Gasteiger partial charge is 0.268 e. The second-order valence-corrected chi connectivity index (χ2v) is 7.50. The largest absolute Gasteiger partial charge is 0.438 e. The summed E-state index contributed by atoms with van der Waals surface area (Å²) in [5, 5.41) is 15.9. The summed E-state index contributed by atoms with van der Waals surface area (Å²) in [6, 6.07) is 20.2. The minimum Gasteiger partial charge on any atom is -0.438 e. The minimum absolute atomic E-state index is 0.101. The Morgan fingerprint density at radius 3 is 1.93 bits per heavy atom. The van der Waals surface area contributed by atoms with Crippen molar-refractivity contribution in [2.24, 2.45) is 0 Å². The molecule has 0 unspecified atom stereocenters. The molecular formula is C23H22N4O2. The van der Waals surface area contributed by atoms with Crippen molar-refractivity contribution < 1.29 is 9.15 Å². The second-order valence-electron chi connectivity index (χ2n) is 7.50. The molecule has 0 radical (unpaired) electrons. The van der Waals surface area contributed by atoms with Gasteiger partial charge in [-0.15, -0.1) is 20.4 Å². The van der Waals surface area contributed by atoms with Gasteiger partial charge in [-0.3, -0.25) is 0 Å². The fourth-order valence-corrected chi connectivity index (χ4v) is 3.09. The predicted molar refractivity (Wildman–Crippen MR) is 110 cm³/mol. The first-order valence-electron chi connectivity index (χ1n) is 9.41.